The van der Waals surface area contributed by atoms with E-state index < -0.39 is 67.3 Å². The first-order chi connectivity index (χ1) is 14.3. The van der Waals surface area contributed by atoms with Crippen LogP contribution in [0.3, 0.4) is 0 Å². The fourth-order valence-electron chi connectivity index (χ4n) is 3.40. The van der Waals surface area contributed by atoms with Crippen molar-refractivity contribution < 1.29 is 35.8 Å². The number of nitrogens with zero attached hydrogens (tertiary/aromatic N) is 1. The monoisotopic (exact) mass is 515 g/mol. The summed E-state index contributed by atoms with van der Waals surface area (Å²) in [6.07, 6.45) is -3.17. The Morgan fingerprint density at radius 3 is 2.19 bits per heavy atom. The molecule has 3 rings (SSSR count). The average Bonchev–Trinajstić information content (AvgIpc) is 3.08. The van der Waals surface area contributed by atoms with Crippen LogP contribution in [0.4, 0.5) is 8.78 Å². The van der Waals surface area contributed by atoms with Crippen LogP contribution in [0.25, 0.3) is 0 Å². The molecule has 0 spiro atoms. The number of aliphatic hydroxyl groups excluding tert-OH is 1. The minimum Gasteiger partial charge on any atom is -0.393 e. The Morgan fingerprint density at radius 1 is 1.06 bits per heavy atom. The number of halogens is 4. The lowest BCUT2D eigenvalue weighted by atomic mass is 10.1. The van der Waals surface area contributed by atoms with Crippen LogP contribution in [-0.2, 0) is 19.9 Å². The van der Waals surface area contributed by atoms with Gasteiger partial charge in [-0.05, 0) is 42.5 Å². The van der Waals surface area contributed by atoms with Crippen LogP contribution in [-0.4, -0.2) is 61.9 Å². The topological polar surface area (TPSA) is 112 Å². The summed E-state index contributed by atoms with van der Waals surface area (Å²) in [6, 6.07) is 7.77. The fourth-order valence-corrected chi connectivity index (χ4v) is 7.45. The molecule has 1 aliphatic rings. The number of rotatable bonds is 6. The van der Waals surface area contributed by atoms with Gasteiger partial charge in [-0.15, -0.1) is 0 Å². The molecule has 2 aromatic carbocycles. The van der Waals surface area contributed by atoms with Crippen LogP contribution in [0.5, 0.6) is 0 Å². The van der Waals surface area contributed by atoms with Crippen LogP contribution >= 0.6 is 23.2 Å². The minimum atomic E-state index is -4.66. The summed E-state index contributed by atoms with van der Waals surface area (Å²) in [7, 11) is -8.98. The number of hydrogen-bond acceptors (Lipinski definition) is 6. The standard InChI is InChI=1S/C18H17Cl2F2NO6S2/c19-11-1-4-13(5-2-11)30(26,27)16-8-23(9-18(16,25)10-24)31(28,29)15-6-3-12(20)7-14(15)17(21)22/h1-7,16-17,24-25H,8-10H2/t16-,18+/m0/s1. The van der Waals surface area contributed by atoms with Gasteiger partial charge in [0, 0.05) is 28.7 Å². The van der Waals surface area contributed by atoms with Gasteiger partial charge in [0.1, 0.15) is 10.9 Å². The van der Waals surface area contributed by atoms with E-state index in [1.807, 2.05) is 0 Å². The molecule has 0 amide bonds. The Morgan fingerprint density at radius 2 is 1.65 bits per heavy atom. The van der Waals surface area contributed by atoms with Crippen LogP contribution < -0.4 is 0 Å². The van der Waals surface area contributed by atoms with Crippen LogP contribution in [0.2, 0.25) is 10.0 Å². The zero-order chi connectivity index (χ0) is 23.2. The Labute approximate surface area is 187 Å². The van der Waals surface area contributed by atoms with Crippen LogP contribution in [0.1, 0.15) is 12.0 Å². The summed E-state index contributed by atoms with van der Waals surface area (Å²) in [6.45, 7) is -2.64. The molecule has 2 aromatic rings. The number of benzene rings is 2. The molecule has 1 fully saturated rings. The molecule has 31 heavy (non-hydrogen) atoms. The van der Waals surface area contributed by atoms with Gasteiger partial charge < -0.3 is 10.2 Å². The van der Waals surface area contributed by atoms with Gasteiger partial charge in [-0.3, -0.25) is 0 Å². The fraction of sp³-hybridized carbons (Fsp3) is 0.333. The summed E-state index contributed by atoms with van der Waals surface area (Å²) in [5, 5.41) is 18.9. The van der Waals surface area contributed by atoms with Gasteiger partial charge in [0.05, 0.1) is 16.4 Å². The molecule has 13 heteroatoms. The summed E-state index contributed by atoms with van der Waals surface area (Å²) in [4.78, 5) is -1.01. The second-order valence-corrected chi connectivity index (χ2v) is 11.9. The van der Waals surface area contributed by atoms with Gasteiger partial charge in [0.25, 0.3) is 6.43 Å². The van der Waals surface area contributed by atoms with Gasteiger partial charge in [-0.25, -0.2) is 25.6 Å². The second kappa shape index (κ2) is 8.54. The van der Waals surface area contributed by atoms with Gasteiger partial charge in [0.15, 0.2) is 9.84 Å². The molecule has 2 N–H and O–H groups in total. The molecule has 0 unspecified atom stereocenters. The molecule has 170 valence electrons. The number of sulfone groups is 1. The number of β-amino-alcohol motifs (C(OH)–C–C–N with tert-alkyl or cyclic N) is 1. The van der Waals surface area contributed by atoms with E-state index in [1.54, 1.807) is 0 Å². The van der Waals surface area contributed by atoms with Crippen molar-refractivity contribution in [1.29, 1.82) is 0 Å². The first-order valence-electron chi connectivity index (χ1n) is 8.73. The SMILES string of the molecule is O=S(=O)(c1ccc(Cl)cc1)[C@H]1CN(S(=O)(=O)c2ccc(Cl)cc2C(F)F)C[C@@]1(O)CO. The van der Waals surface area contributed by atoms with Gasteiger partial charge in [-0.1, -0.05) is 23.2 Å². The summed E-state index contributed by atoms with van der Waals surface area (Å²) >= 11 is 11.5. The molecule has 2 atom stereocenters. The summed E-state index contributed by atoms with van der Waals surface area (Å²) in [5.41, 5.74) is -3.22. The van der Waals surface area contributed by atoms with E-state index in [9.17, 15) is 35.8 Å². The van der Waals surface area contributed by atoms with Crippen molar-refractivity contribution in [2.75, 3.05) is 19.7 Å². The Kier molecular flexibility index (Phi) is 6.70. The van der Waals surface area contributed by atoms with E-state index in [0.29, 0.717) is 4.31 Å². The maximum Gasteiger partial charge on any atom is 0.265 e. The molecule has 1 saturated heterocycles. The van der Waals surface area contributed by atoms with Crippen LogP contribution in [0, 0.1) is 0 Å². The molecule has 0 bridgehead atoms. The number of hydrogen-bond donors (Lipinski definition) is 2. The highest BCUT2D eigenvalue weighted by Crippen LogP contribution is 2.37. The third kappa shape index (κ3) is 4.45. The predicted octanol–water partition coefficient (Wildman–Crippen LogP) is 2.50. The average molecular weight is 516 g/mol. The molecule has 1 heterocycles. The van der Waals surface area contributed by atoms with E-state index in [2.05, 4.69) is 0 Å². The lowest BCUT2D eigenvalue weighted by Crippen LogP contribution is -2.49. The normalized spacial score (nSPS) is 22.9. The maximum absolute atomic E-state index is 13.4. The summed E-state index contributed by atoms with van der Waals surface area (Å²) < 4.78 is 79.7. The Hall–Kier alpha value is -1.34. The maximum atomic E-state index is 13.4. The predicted molar refractivity (Wildman–Crippen MR) is 110 cm³/mol. The minimum absolute atomic E-state index is 0.106. The van der Waals surface area contributed by atoms with Gasteiger partial charge >= 0.3 is 0 Å². The highest BCUT2D eigenvalue weighted by atomic mass is 35.5. The number of aliphatic hydroxyl groups is 2. The number of alkyl halides is 2. The van der Waals surface area contributed by atoms with Crippen molar-refractivity contribution in [1.82, 2.24) is 4.31 Å². The first kappa shape index (κ1) is 24.3. The molecular formula is C18H17Cl2F2NO6S2. The van der Waals surface area contributed by atoms with Crippen molar-refractivity contribution in [3.8, 4) is 0 Å². The Balaban J connectivity index is 2.05. The third-order valence-electron chi connectivity index (χ3n) is 5.03. The Bertz CT molecular complexity index is 1190. The summed E-state index contributed by atoms with van der Waals surface area (Å²) in [5.74, 6) is 0. The number of sulfonamides is 1. The van der Waals surface area contributed by atoms with Crippen molar-refractivity contribution in [2.45, 2.75) is 27.1 Å². The van der Waals surface area contributed by atoms with E-state index in [0.717, 1.165) is 18.2 Å². The third-order valence-corrected chi connectivity index (χ3v) is 9.67. The van der Waals surface area contributed by atoms with E-state index in [4.69, 9.17) is 23.2 Å². The first-order valence-corrected chi connectivity index (χ1v) is 12.5. The van der Waals surface area contributed by atoms with Gasteiger partial charge in [0.2, 0.25) is 10.0 Å². The highest BCUT2D eigenvalue weighted by molar-refractivity contribution is 7.92. The van der Waals surface area contributed by atoms with Crippen molar-refractivity contribution in [3.05, 3.63) is 58.1 Å². The highest BCUT2D eigenvalue weighted by Gasteiger charge is 2.55. The molecule has 1 aliphatic heterocycles. The lowest BCUT2D eigenvalue weighted by molar-refractivity contribution is 0.00159. The largest absolute Gasteiger partial charge is 0.393 e. The van der Waals surface area contributed by atoms with E-state index >= 15 is 0 Å². The van der Waals surface area contributed by atoms with Crippen LogP contribution in [0.15, 0.2) is 52.3 Å². The molecule has 0 aromatic heterocycles. The van der Waals surface area contributed by atoms with Crippen molar-refractivity contribution >= 4 is 43.1 Å². The smallest absolute Gasteiger partial charge is 0.265 e. The van der Waals surface area contributed by atoms with Crippen molar-refractivity contribution in [3.63, 3.8) is 0 Å². The molecule has 7 nitrogen and oxygen atoms in total. The van der Waals surface area contributed by atoms with E-state index in [-0.39, 0.29) is 14.9 Å². The second-order valence-electron chi connectivity index (χ2n) is 7.03. The van der Waals surface area contributed by atoms with Gasteiger partial charge in [-0.2, -0.15) is 4.31 Å². The molecular weight excluding hydrogens is 499 g/mol. The lowest BCUT2D eigenvalue weighted by Gasteiger charge is -2.26. The van der Waals surface area contributed by atoms with E-state index in [1.165, 1.54) is 24.3 Å². The zero-order valence-electron chi connectivity index (χ0n) is 15.6. The quantitative estimate of drug-likeness (QED) is 0.611. The molecule has 0 saturated carbocycles. The van der Waals surface area contributed by atoms with Crippen molar-refractivity contribution in [2.24, 2.45) is 0 Å². The zero-order valence-corrected chi connectivity index (χ0v) is 18.8. The molecule has 0 aliphatic carbocycles. The molecule has 0 radical (unpaired) electrons.